The van der Waals surface area contributed by atoms with E-state index in [1.165, 1.54) is 0 Å². The molecule has 0 saturated carbocycles. The monoisotopic (exact) mass is 448 g/mol. The van der Waals surface area contributed by atoms with Gasteiger partial charge < -0.3 is 10.2 Å². The molecule has 1 unspecified atom stereocenters. The van der Waals surface area contributed by atoms with Gasteiger partial charge in [0.15, 0.2) is 0 Å². The molecule has 1 N–H and O–H groups in total. The molecule has 0 aliphatic heterocycles. The Morgan fingerprint density at radius 3 is 2.23 bits per heavy atom. The Morgan fingerprint density at radius 1 is 1.07 bits per heavy atom. The van der Waals surface area contributed by atoms with Gasteiger partial charge in [-0.2, -0.15) is 0 Å². The Kier molecular flexibility index (Phi) is 9.19. The van der Waals surface area contributed by atoms with Gasteiger partial charge in [0.1, 0.15) is 6.04 Å². The molecule has 0 aliphatic rings. The van der Waals surface area contributed by atoms with E-state index in [2.05, 4.69) is 18.3 Å². The summed E-state index contributed by atoms with van der Waals surface area (Å²) in [6.07, 6.45) is 2.09. The van der Waals surface area contributed by atoms with Crippen molar-refractivity contribution in [3.05, 3.63) is 68.7 Å². The predicted molar refractivity (Wildman–Crippen MR) is 124 cm³/mol. The summed E-state index contributed by atoms with van der Waals surface area (Å²) in [5.74, 6) is -0.325. The first kappa shape index (κ1) is 24.2. The van der Waals surface area contributed by atoms with Crippen LogP contribution in [0.25, 0.3) is 0 Å². The lowest BCUT2D eigenvalue weighted by Crippen LogP contribution is -2.48. The van der Waals surface area contributed by atoms with Gasteiger partial charge in [0.05, 0.1) is 6.42 Å². The first-order valence-corrected chi connectivity index (χ1v) is 11.1. The third kappa shape index (κ3) is 6.75. The number of benzene rings is 2. The molecule has 162 valence electrons. The lowest BCUT2D eigenvalue weighted by molar-refractivity contribution is -0.140. The van der Waals surface area contributed by atoms with Crippen molar-refractivity contribution in [3.63, 3.8) is 0 Å². The van der Waals surface area contributed by atoms with Crippen molar-refractivity contribution in [1.82, 2.24) is 10.2 Å². The maximum atomic E-state index is 13.3. The van der Waals surface area contributed by atoms with Crippen LogP contribution in [0, 0.1) is 13.8 Å². The molecule has 2 aromatic carbocycles. The van der Waals surface area contributed by atoms with Crippen molar-refractivity contribution < 1.29 is 9.59 Å². The molecule has 0 spiro atoms. The Labute approximate surface area is 189 Å². The highest BCUT2D eigenvalue weighted by atomic mass is 35.5. The minimum absolute atomic E-state index is 0.144. The molecule has 0 aromatic heterocycles. The fraction of sp³-hybridized carbons (Fsp3) is 0.417. The van der Waals surface area contributed by atoms with E-state index >= 15 is 0 Å². The molecule has 2 amide bonds. The summed E-state index contributed by atoms with van der Waals surface area (Å²) in [4.78, 5) is 27.6. The third-order valence-corrected chi connectivity index (χ3v) is 5.73. The SMILES string of the molecule is CCCCNC(=O)C(C)N(Cc1c(Cl)cccc1Cl)C(=O)Cc1cc(C)cc(C)c1. The van der Waals surface area contributed by atoms with E-state index in [-0.39, 0.29) is 24.8 Å². The number of amides is 2. The molecule has 0 fully saturated rings. The summed E-state index contributed by atoms with van der Waals surface area (Å²) in [6.45, 7) is 8.58. The number of carbonyl (C=O) groups excluding carboxylic acids is 2. The van der Waals surface area contributed by atoms with Crippen LogP contribution in [0.2, 0.25) is 10.0 Å². The van der Waals surface area contributed by atoms with E-state index in [9.17, 15) is 9.59 Å². The van der Waals surface area contributed by atoms with Crippen molar-refractivity contribution in [1.29, 1.82) is 0 Å². The van der Waals surface area contributed by atoms with Gasteiger partial charge in [-0.05, 0) is 44.9 Å². The van der Waals surface area contributed by atoms with Gasteiger partial charge in [0.2, 0.25) is 11.8 Å². The maximum Gasteiger partial charge on any atom is 0.242 e. The van der Waals surface area contributed by atoms with Crippen LogP contribution in [0.15, 0.2) is 36.4 Å². The standard InChI is InChI=1S/C24H30Cl2N2O2/c1-5-6-10-27-24(30)18(4)28(15-20-21(25)8-7-9-22(20)26)23(29)14-19-12-16(2)11-17(3)13-19/h7-9,11-13,18H,5-6,10,14-15H2,1-4H3,(H,27,30). The van der Waals surface area contributed by atoms with Crippen LogP contribution in [0.1, 0.15) is 48.9 Å². The molecule has 2 aromatic rings. The Morgan fingerprint density at radius 2 is 1.67 bits per heavy atom. The molecule has 0 saturated heterocycles. The molecular formula is C24H30Cl2N2O2. The molecule has 2 rings (SSSR count). The van der Waals surface area contributed by atoms with E-state index in [0.29, 0.717) is 22.2 Å². The lowest BCUT2D eigenvalue weighted by atomic mass is 10.0. The average Bonchev–Trinajstić information content (AvgIpc) is 2.66. The quantitative estimate of drug-likeness (QED) is 0.515. The van der Waals surface area contributed by atoms with Gasteiger partial charge in [-0.15, -0.1) is 0 Å². The van der Waals surface area contributed by atoms with Gasteiger partial charge in [0, 0.05) is 28.7 Å². The molecule has 4 nitrogen and oxygen atoms in total. The lowest BCUT2D eigenvalue weighted by Gasteiger charge is -2.29. The van der Waals surface area contributed by atoms with Crippen molar-refractivity contribution >= 4 is 35.0 Å². The van der Waals surface area contributed by atoms with Gasteiger partial charge in [-0.25, -0.2) is 0 Å². The summed E-state index contributed by atoms with van der Waals surface area (Å²) >= 11 is 12.7. The smallest absolute Gasteiger partial charge is 0.242 e. The number of nitrogens with zero attached hydrogens (tertiary/aromatic N) is 1. The zero-order chi connectivity index (χ0) is 22.3. The highest BCUT2D eigenvalue weighted by Crippen LogP contribution is 2.27. The Hall–Kier alpha value is -2.04. The first-order valence-electron chi connectivity index (χ1n) is 10.3. The van der Waals surface area contributed by atoms with Crippen LogP contribution in [0.3, 0.4) is 0 Å². The molecule has 0 bridgehead atoms. The van der Waals surface area contributed by atoms with Gasteiger partial charge in [-0.1, -0.05) is 71.9 Å². The summed E-state index contributed by atoms with van der Waals surface area (Å²) in [5.41, 5.74) is 3.77. The van der Waals surface area contributed by atoms with E-state index in [4.69, 9.17) is 23.2 Å². The van der Waals surface area contributed by atoms with Crippen molar-refractivity contribution in [3.8, 4) is 0 Å². The molecule has 30 heavy (non-hydrogen) atoms. The molecule has 1 atom stereocenters. The maximum absolute atomic E-state index is 13.3. The van der Waals surface area contributed by atoms with E-state index in [1.54, 1.807) is 30.0 Å². The summed E-state index contributed by atoms with van der Waals surface area (Å²) in [7, 11) is 0. The highest BCUT2D eigenvalue weighted by molar-refractivity contribution is 6.36. The first-order chi connectivity index (χ1) is 14.2. The number of hydrogen-bond acceptors (Lipinski definition) is 2. The summed E-state index contributed by atoms with van der Waals surface area (Å²) < 4.78 is 0. The van der Waals surface area contributed by atoms with Crippen molar-refractivity contribution in [2.75, 3.05) is 6.54 Å². The second-order valence-electron chi connectivity index (χ2n) is 7.72. The van der Waals surface area contributed by atoms with Crippen LogP contribution in [0.4, 0.5) is 0 Å². The Bertz CT molecular complexity index is 858. The number of halogens is 2. The minimum atomic E-state index is -0.646. The van der Waals surface area contributed by atoms with Crippen molar-refractivity contribution in [2.45, 2.75) is 59.5 Å². The highest BCUT2D eigenvalue weighted by Gasteiger charge is 2.27. The van der Waals surface area contributed by atoms with E-state index in [0.717, 1.165) is 29.5 Å². The summed E-state index contributed by atoms with van der Waals surface area (Å²) in [5, 5.41) is 3.87. The number of rotatable bonds is 9. The van der Waals surface area contributed by atoms with E-state index < -0.39 is 6.04 Å². The molecular weight excluding hydrogens is 419 g/mol. The number of carbonyl (C=O) groups is 2. The zero-order valence-electron chi connectivity index (χ0n) is 18.1. The van der Waals surface area contributed by atoms with Gasteiger partial charge in [-0.3, -0.25) is 9.59 Å². The summed E-state index contributed by atoms with van der Waals surface area (Å²) in [6, 6.07) is 10.7. The second kappa shape index (κ2) is 11.4. The topological polar surface area (TPSA) is 49.4 Å². The zero-order valence-corrected chi connectivity index (χ0v) is 19.6. The predicted octanol–water partition coefficient (Wildman–Crippen LogP) is 5.49. The van der Waals surface area contributed by atoms with Gasteiger partial charge >= 0.3 is 0 Å². The number of unbranched alkanes of at least 4 members (excludes halogenated alkanes) is 1. The Balaban J connectivity index is 2.29. The molecule has 0 heterocycles. The second-order valence-corrected chi connectivity index (χ2v) is 8.53. The molecule has 0 aliphatic carbocycles. The molecule has 0 radical (unpaired) electrons. The minimum Gasteiger partial charge on any atom is -0.354 e. The van der Waals surface area contributed by atoms with Crippen LogP contribution >= 0.6 is 23.2 Å². The van der Waals surface area contributed by atoms with Gasteiger partial charge in [0.25, 0.3) is 0 Å². The van der Waals surface area contributed by atoms with Crippen LogP contribution in [-0.2, 0) is 22.6 Å². The van der Waals surface area contributed by atoms with Crippen LogP contribution in [0.5, 0.6) is 0 Å². The van der Waals surface area contributed by atoms with Crippen LogP contribution < -0.4 is 5.32 Å². The normalized spacial score (nSPS) is 11.8. The van der Waals surface area contributed by atoms with Crippen molar-refractivity contribution in [2.24, 2.45) is 0 Å². The largest absolute Gasteiger partial charge is 0.354 e. The fourth-order valence-corrected chi connectivity index (χ4v) is 3.94. The fourth-order valence-electron chi connectivity index (χ4n) is 3.42. The number of nitrogens with one attached hydrogen (secondary N) is 1. The number of aryl methyl sites for hydroxylation is 2. The van der Waals surface area contributed by atoms with Crippen LogP contribution in [-0.4, -0.2) is 29.3 Å². The number of hydrogen-bond donors (Lipinski definition) is 1. The molecule has 6 heteroatoms. The van der Waals surface area contributed by atoms with E-state index in [1.807, 2.05) is 26.0 Å². The third-order valence-electron chi connectivity index (χ3n) is 5.02. The average molecular weight is 449 g/mol.